The van der Waals surface area contributed by atoms with Gasteiger partial charge in [0, 0.05) is 30.6 Å². The molecule has 1 aliphatic rings. The van der Waals surface area contributed by atoms with Gasteiger partial charge in [-0.05, 0) is 18.6 Å². The molecule has 0 aromatic carbocycles. The SMILES string of the molecule is COc1ncc(C2CNC(=O)C2)cc1C. The third-order valence-electron chi connectivity index (χ3n) is 2.69. The lowest BCUT2D eigenvalue weighted by atomic mass is 9.99. The van der Waals surface area contributed by atoms with Gasteiger partial charge in [0.1, 0.15) is 0 Å². The number of carbonyl (C=O) groups is 1. The number of carbonyl (C=O) groups excluding carboxylic acids is 1. The number of ether oxygens (including phenoxy) is 1. The number of nitrogens with zero attached hydrogens (tertiary/aromatic N) is 1. The fourth-order valence-corrected chi connectivity index (χ4v) is 1.86. The van der Waals surface area contributed by atoms with Gasteiger partial charge in [-0.25, -0.2) is 4.98 Å². The Balaban J connectivity index is 2.22. The van der Waals surface area contributed by atoms with E-state index in [1.165, 1.54) is 0 Å². The van der Waals surface area contributed by atoms with Gasteiger partial charge in [0.05, 0.1) is 7.11 Å². The van der Waals surface area contributed by atoms with Crippen molar-refractivity contribution < 1.29 is 9.53 Å². The zero-order chi connectivity index (χ0) is 10.8. The summed E-state index contributed by atoms with van der Waals surface area (Å²) in [6.45, 7) is 2.67. The van der Waals surface area contributed by atoms with Crippen LogP contribution in [0.2, 0.25) is 0 Å². The van der Waals surface area contributed by atoms with E-state index in [2.05, 4.69) is 10.3 Å². The van der Waals surface area contributed by atoms with E-state index in [-0.39, 0.29) is 11.8 Å². The molecule has 1 saturated heterocycles. The van der Waals surface area contributed by atoms with E-state index in [9.17, 15) is 4.79 Å². The van der Waals surface area contributed by atoms with Crippen LogP contribution < -0.4 is 10.1 Å². The number of amides is 1. The lowest BCUT2D eigenvalue weighted by molar-refractivity contribution is -0.119. The van der Waals surface area contributed by atoms with Gasteiger partial charge in [0.15, 0.2) is 0 Å². The summed E-state index contributed by atoms with van der Waals surface area (Å²) in [7, 11) is 1.61. The Hall–Kier alpha value is -1.58. The largest absolute Gasteiger partial charge is 0.481 e. The number of hydrogen-bond donors (Lipinski definition) is 1. The molecule has 0 bridgehead atoms. The second kappa shape index (κ2) is 3.88. The second-order valence-electron chi connectivity index (χ2n) is 3.80. The number of aryl methyl sites for hydroxylation is 1. The van der Waals surface area contributed by atoms with Crippen LogP contribution in [0.1, 0.15) is 23.5 Å². The fourth-order valence-electron chi connectivity index (χ4n) is 1.86. The lowest BCUT2D eigenvalue weighted by Gasteiger charge is -2.09. The summed E-state index contributed by atoms with van der Waals surface area (Å²) >= 11 is 0. The van der Waals surface area contributed by atoms with Gasteiger partial charge < -0.3 is 10.1 Å². The van der Waals surface area contributed by atoms with Crippen LogP contribution in [-0.4, -0.2) is 24.5 Å². The summed E-state index contributed by atoms with van der Waals surface area (Å²) in [4.78, 5) is 15.3. The second-order valence-corrected chi connectivity index (χ2v) is 3.80. The average molecular weight is 206 g/mol. The van der Waals surface area contributed by atoms with Crippen LogP contribution in [0, 0.1) is 6.92 Å². The topological polar surface area (TPSA) is 51.2 Å². The fraction of sp³-hybridized carbons (Fsp3) is 0.455. The third kappa shape index (κ3) is 1.93. The first-order chi connectivity index (χ1) is 7.20. The number of nitrogens with one attached hydrogen (secondary N) is 1. The van der Waals surface area contributed by atoms with Gasteiger partial charge >= 0.3 is 0 Å². The Morgan fingerprint density at radius 1 is 1.60 bits per heavy atom. The van der Waals surface area contributed by atoms with Crippen molar-refractivity contribution in [3.63, 3.8) is 0 Å². The first-order valence-electron chi connectivity index (χ1n) is 4.98. The number of methoxy groups -OCH3 is 1. The molecule has 80 valence electrons. The van der Waals surface area contributed by atoms with Gasteiger partial charge in [0.25, 0.3) is 0 Å². The molecule has 1 atom stereocenters. The molecule has 1 N–H and O–H groups in total. The summed E-state index contributed by atoms with van der Waals surface area (Å²) in [5.74, 6) is 1.03. The van der Waals surface area contributed by atoms with Crippen molar-refractivity contribution in [3.8, 4) is 5.88 Å². The van der Waals surface area contributed by atoms with E-state index in [4.69, 9.17) is 4.74 Å². The van der Waals surface area contributed by atoms with E-state index in [0.717, 1.165) is 11.1 Å². The van der Waals surface area contributed by atoms with E-state index in [1.54, 1.807) is 13.3 Å². The maximum absolute atomic E-state index is 11.1. The molecule has 1 aromatic heterocycles. The molecule has 1 amide bonds. The van der Waals surface area contributed by atoms with Crippen molar-refractivity contribution in [2.24, 2.45) is 0 Å². The molecule has 0 spiro atoms. The molecule has 1 aliphatic heterocycles. The van der Waals surface area contributed by atoms with Gasteiger partial charge in [-0.1, -0.05) is 0 Å². The van der Waals surface area contributed by atoms with Crippen LogP contribution in [0.5, 0.6) is 5.88 Å². The lowest BCUT2D eigenvalue weighted by Crippen LogP contribution is -2.13. The Morgan fingerprint density at radius 2 is 2.40 bits per heavy atom. The minimum absolute atomic E-state index is 0.119. The molecule has 0 aliphatic carbocycles. The quantitative estimate of drug-likeness (QED) is 0.785. The van der Waals surface area contributed by atoms with Crippen molar-refractivity contribution in [2.75, 3.05) is 13.7 Å². The number of aromatic nitrogens is 1. The smallest absolute Gasteiger partial charge is 0.220 e. The van der Waals surface area contributed by atoms with Crippen molar-refractivity contribution in [2.45, 2.75) is 19.3 Å². The molecule has 15 heavy (non-hydrogen) atoms. The summed E-state index contributed by atoms with van der Waals surface area (Å²) in [5.41, 5.74) is 2.11. The predicted octanol–water partition coefficient (Wildman–Crippen LogP) is 1.00. The third-order valence-corrected chi connectivity index (χ3v) is 2.69. The van der Waals surface area contributed by atoms with Crippen LogP contribution in [0.25, 0.3) is 0 Å². The standard InChI is InChI=1S/C11H14N2O2/c1-7-3-8(6-13-11(7)15-2)9-4-10(14)12-5-9/h3,6,9H,4-5H2,1-2H3,(H,12,14). The monoisotopic (exact) mass is 206 g/mol. The Bertz CT molecular complexity index is 390. The number of rotatable bonds is 2. The summed E-state index contributed by atoms with van der Waals surface area (Å²) in [6.07, 6.45) is 2.35. The maximum atomic E-state index is 11.1. The van der Waals surface area contributed by atoms with Crippen LogP contribution in [0.3, 0.4) is 0 Å². The van der Waals surface area contributed by atoms with E-state index >= 15 is 0 Å². The molecule has 4 heteroatoms. The van der Waals surface area contributed by atoms with Crippen molar-refractivity contribution in [3.05, 3.63) is 23.4 Å². The van der Waals surface area contributed by atoms with Crippen LogP contribution in [0.4, 0.5) is 0 Å². The average Bonchev–Trinajstić information content (AvgIpc) is 2.65. The van der Waals surface area contributed by atoms with E-state index in [0.29, 0.717) is 18.8 Å². The van der Waals surface area contributed by atoms with Gasteiger partial charge in [-0.15, -0.1) is 0 Å². The number of hydrogen-bond acceptors (Lipinski definition) is 3. The molecular formula is C11H14N2O2. The molecule has 1 aromatic rings. The van der Waals surface area contributed by atoms with Gasteiger partial charge in [-0.2, -0.15) is 0 Å². The first-order valence-corrected chi connectivity index (χ1v) is 4.98. The molecule has 0 radical (unpaired) electrons. The van der Waals surface area contributed by atoms with Crippen LogP contribution in [-0.2, 0) is 4.79 Å². The predicted molar refractivity (Wildman–Crippen MR) is 55.9 cm³/mol. The Kier molecular flexibility index (Phi) is 2.58. The summed E-state index contributed by atoms with van der Waals surface area (Å²) < 4.78 is 5.09. The molecule has 1 fully saturated rings. The summed E-state index contributed by atoms with van der Waals surface area (Å²) in [5, 5.41) is 2.82. The zero-order valence-corrected chi connectivity index (χ0v) is 8.91. The van der Waals surface area contributed by atoms with Crippen molar-refractivity contribution in [1.82, 2.24) is 10.3 Å². The molecular weight excluding hydrogens is 192 g/mol. The van der Waals surface area contributed by atoms with Crippen molar-refractivity contribution in [1.29, 1.82) is 0 Å². The van der Waals surface area contributed by atoms with Crippen LogP contribution >= 0.6 is 0 Å². The Morgan fingerprint density at radius 3 is 2.93 bits per heavy atom. The van der Waals surface area contributed by atoms with E-state index in [1.807, 2.05) is 13.0 Å². The molecule has 4 nitrogen and oxygen atoms in total. The highest BCUT2D eigenvalue weighted by atomic mass is 16.5. The molecule has 1 unspecified atom stereocenters. The highest BCUT2D eigenvalue weighted by Gasteiger charge is 2.23. The summed E-state index contributed by atoms with van der Waals surface area (Å²) in [6, 6.07) is 2.04. The van der Waals surface area contributed by atoms with Crippen LogP contribution in [0.15, 0.2) is 12.3 Å². The molecule has 0 saturated carbocycles. The van der Waals surface area contributed by atoms with Gasteiger partial charge in [0.2, 0.25) is 11.8 Å². The van der Waals surface area contributed by atoms with E-state index < -0.39 is 0 Å². The van der Waals surface area contributed by atoms with Gasteiger partial charge in [-0.3, -0.25) is 4.79 Å². The minimum atomic E-state index is 0.119. The highest BCUT2D eigenvalue weighted by molar-refractivity contribution is 5.79. The maximum Gasteiger partial charge on any atom is 0.220 e. The molecule has 2 rings (SSSR count). The number of pyridine rings is 1. The first kappa shape index (κ1) is 9.96. The zero-order valence-electron chi connectivity index (χ0n) is 8.91. The molecule has 2 heterocycles. The minimum Gasteiger partial charge on any atom is -0.481 e. The highest BCUT2D eigenvalue weighted by Crippen LogP contribution is 2.25. The van der Waals surface area contributed by atoms with Crippen molar-refractivity contribution >= 4 is 5.91 Å². The Labute approximate surface area is 88.7 Å². The normalized spacial score (nSPS) is 20.1.